The van der Waals surface area contributed by atoms with Crippen LogP contribution in [0.3, 0.4) is 0 Å². The number of rotatable bonds is 2. The number of fused-ring (bicyclic) bond motifs is 1. The van der Waals surface area contributed by atoms with Crippen LogP contribution in [0, 0.1) is 13.8 Å². The van der Waals surface area contributed by atoms with Gasteiger partial charge in [-0.15, -0.1) is 10.2 Å². The van der Waals surface area contributed by atoms with Crippen molar-refractivity contribution in [2.45, 2.75) is 45.5 Å². The minimum atomic E-state index is -0.329. The molecular weight excluding hydrogens is 324 g/mol. The molecule has 2 aromatic heterocycles. The molecule has 0 bridgehead atoms. The molecule has 9 heteroatoms. The third kappa shape index (κ3) is 2.63. The Bertz CT molecular complexity index is 793. The van der Waals surface area contributed by atoms with Gasteiger partial charge >= 0.3 is 0 Å². The van der Waals surface area contributed by atoms with Gasteiger partial charge in [0, 0.05) is 19.6 Å². The lowest BCUT2D eigenvalue weighted by Gasteiger charge is -2.29. The maximum atomic E-state index is 12.8. The van der Waals surface area contributed by atoms with Crippen LogP contribution in [-0.2, 0) is 13.1 Å². The zero-order valence-corrected chi connectivity index (χ0v) is 14.6. The Morgan fingerprint density at radius 2 is 2.08 bits per heavy atom. The van der Waals surface area contributed by atoms with Gasteiger partial charge in [-0.25, -0.2) is 0 Å². The maximum absolute atomic E-state index is 12.8. The summed E-state index contributed by atoms with van der Waals surface area (Å²) >= 11 is 0. The van der Waals surface area contributed by atoms with Crippen molar-refractivity contribution < 1.29 is 14.4 Å². The van der Waals surface area contributed by atoms with Crippen LogP contribution in [0.15, 0.2) is 4.52 Å². The summed E-state index contributed by atoms with van der Waals surface area (Å²) in [7, 11) is 1.98. The van der Waals surface area contributed by atoms with Gasteiger partial charge < -0.3 is 19.1 Å². The van der Waals surface area contributed by atoms with E-state index < -0.39 is 0 Å². The van der Waals surface area contributed by atoms with Crippen molar-refractivity contribution >= 4 is 5.91 Å². The molecule has 2 aliphatic rings. The fourth-order valence-corrected chi connectivity index (χ4v) is 3.82. The highest BCUT2D eigenvalue weighted by molar-refractivity contribution is 5.96. The molecular formula is C16H22N6O3. The van der Waals surface area contributed by atoms with E-state index >= 15 is 0 Å². The molecule has 4 rings (SSSR count). The van der Waals surface area contributed by atoms with Crippen LogP contribution in [0.2, 0.25) is 0 Å². The minimum absolute atomic E-state index is 0.0704. The summed E-state index contributed by atoms with van der Waals surface area (Å²) in [5.41, 5.74) is 1.14. The summed E-state index contributed by atoms with van der Waals surface area (Å²) in [6.45, 7) is 5.81. The Labute approximate surface area is 145 Å². The van der Waals surface area contributed by atoms with Crippen molar-refractivity contribution in [3.63, 3.8) is 0 Å². The lowest BCUT2D eigenvalue weighted by Crippen LogP contribution is -2.39. The minimum Gasteiger partial charge on any atom is -0.392 e. The molecule has 0 aromatic carbocycles. The van der Waals surface area contributed by atoms with Crippen molar-refractivity contribution in [1.29, 1.82) is 0 Å². The lowest BCUT2D eigenvalue weighted by molar-refractivity contribution is 0.0702. The number of β-amino-alcohol motifs (C(OH)–C–C–N with tert-alkyl or cyclic N) is 1. The molecule has 4 heterocycles. The number of nitrogens with zero attached hydrogens (tertiary/aromatic N) is 6. The van der Waals surface area contributed by atoms with Gasteiger partial charge in [0.25, 0.3) is 5.91 Å². The summed E-state index contributed by atoms with van der Waals surface area (Å²) in [6, 6.07) is 0.0704. The van der Waals surface area contributed by atoms with Crippen LogP contribution in [-0.4, -0.2) is 67.0 Å². The number of aliphatic hydroxyl groups is 1. The normalized spacial score (nSPS) is 23.9. The number of amides is 1. The predicted molar refractivity (Wildman–Crippen MR) is 86.7 cm³/mol. The van der Waals surface area contributed by atoms with Gasteiger partial charge in [0.05, 0.1) is 24.4 Å². The second-order valence-electron chi connectivity index (χ2n) is 6.90. The average molecular weight is 346 g/mol. The highest BCUT2D eigenvalue weighted by Crippen LogP contribution is 2.31. The van der Waals surface area contributed by atoms with Gasteiger partial charge in [0.1, 0.15) is 11.3 Å². The van der Waals surface area contributed by atoms with Crippen molar-refractivity contribution in [3.05, 3.63) is 28.7 Å². The third-order valence-electron chi connectivity index (χ3n) is 5.14. The third-order valence-corrected chi connectivity index (χ3v) is 5.14. The molecule has 0 unspecified atom stereocenters. The number of hydrogen-bond donors (Lipinski definition) is 1. The number of likely N-dealkylation sites (tertiary alicyclic amines) is 1. The average Bonchev–Trinajstić information content (AvgIpc) is 3.23. The first-order valence-electron chi connectivity index (χ1n) is 8.48. The highest BCUT2D eigenvalue weighted by atomic mass is 16.5. The molecule has 0 aliphatic carbocycles. The largest absolute Gasteiger partial charge is 0.392 e. The van der Waals surface area contributed by atoms with Crippen molar-refractivity contribution in [2.75, 3.05) is 20.1 Å². The molecule has 2 atom stereocenters. The SMILES string of the molecule is Cc1noc(C)c1C(=O)N1CCn2c(nnc2[C@@H]2C[C@@H](O)CN2C)C1. The molecule has 25 heavy (non-hydrogen) atoms. The fourth-order valence-electron chi connectivity index (χ4n) is 3.82. The molecule has 0 saturated carbocycles. The number of hydrogen-bond acceptors (Lipinski definition) is 7. The lowest BCUT2D eigenvalue weighted by atomic mass is 10.1. The van der Waals surface area contributed by atoms with E-state index in [1.807, 2.05) is 7.05 Å². The smallest absolute Gasteiger partial charge is 0.259 e. The first kappa shape index (κ1) is 16.2. The summed E-state index contributed by atoms with van der Waals surface area (Å²) in [4.78, 5) is 16.7. The van der Waals surface area contributed by atoms with Gasteiger partial charge in [-0.05, 0) is 27.3 Å². The van der Waals surface area contributed by atoms with Crippen molar-refractivity contribution in [3.8, 4) is 0 Å². The molecule has 1 amide bonds. The topological polar surface area (TPSA) is 101 Å². The van der Waals surface area contributed by atoms with E-state index in [0.29, 0.717) is 49.6 Å². The monoisotopic (exact) mass is 346 g/mol. The Morgan fingerprint density at radius 3 is 2.72 bits per heavy atom. The van der Waals surface area contributed by atoms with E-state index in [1.54, 1.807) is 18.7 Å². The molecule has 2 aliphatic heterocycles. The predicted octanol–water partition coefficient (Wildman–Crippen LogP) is 0.276. The molecule has 2 aromatic rings. The molecule has 0 radical (unpaired) electrons. The fraction of sp³-hybridized carbons (Fsp3) is 0.625. The van der Waals surface area contributed by atoms with Crippen LogP contribution in [0.1, 0.15) is 45.9 Å². The molecule has 1 N–H and O–H groups in total. The number of aromatic nitrogens is 4. The van der Waals surface area contributed by atoms with Gasteiger partial charge in [-0.2, -0.15) is 0 Å². The van der Waals surface area contributed by atoms with Crippen LogP contribution < -0.4 is 0 Å². The molecule has 134 valence electrons. The zero-order chi connectivity index (χ0) is 17.7. The first-order chi connectivity index (χ1) is 12.0. The second-order valence-corrected chi connectivity index (χ2v) is 6.90. The molecule has 0 spiro atoms. The van der Waals surface area contributed by atoms with Crippen molar-refractivity contribution in [1.82, 2.24) is 29.7 Å². The van der Waals surface area contributed by atoms with E-state index in [-0.39, 0.29) is 18.1 Å². The number of likely N-dealkylation sites (N-methyl/N-ethyl adjacent to an activating group) is 1. The Kier molecular flexibility index (Phi) is 3.84. The van der Waals surface area contributed by atoms with E-state index in [9.17, 15) is 9.90 Å². The van der Waals surface area contributed by atoms with Gasteiger partial charge in [0.2, 0.25) is 0 Å². The summed E-state index contributed by atoms with van der Waals surface area (Å²) in [6.07, 6.45) is 0.334. The van der Waals surface area contributed by atoms with E-state index in [2.05, 4.69) is 24.8 Å². The standard InChI is InChI=1S/C16H22N6O3/c1-9-14(10(2)25-19-9)16(24)21-4-5-22-13(8-21)17-18-15(22)12-6-11(23)7-20(12)3/h11-12,23H,4-8H2,1-3H3/t11-,12+/m1/s1. The first-order valence-corrected chi connectivity index (χ1v) is 8.48. The van der Waals surface area contributed by atoms with E-state index in [1.165, 1.54) is 0 Å². The molecule has 1 saturated heterocycles. The maximum Gasteiger partial charge on any atom is 0.259 e. The Hall–Kier alpha value is -2.26. The van der Waals surface area contributed by atoms with Crippen LogP contribution >= 0.6 is 0 Å². The Morgan fingerprint density at radius 1 is 1.28 bits per heavy atom. The Balaban J connectivity index is 1.56. The summed E-state index contributed by atoms with van der Waals surface area (Å²) in [5, 5.41) is 22.4. The number of carbonyl (C=O) groups excluding carboxylic acids is 1. The van der Waals surface area contributed by atoms with Gasteiger partial charge in [-0.1, -0.05) is 5.16 Å². The second kappa shape index (κ2) is 5.92. The summed E-state index contributed by atoms with van der Waals surface area (Å²) in [5.74, 6) is 2.10. The van der Waals surface area contributed by atoms with E-state index in [0.717, 1.165) is 11.6 Å². The van der Waals surface area contributed by atoms with Crippen LogP contribution in [0.5, 0.6) is 0 Å². The number of aryl methyl sites for hydroxylation is 2. The number of carbonyl (C=O) groups is 1. The summed E-state index contributed by atoms with van der Waals surface area (Å²) < 4.78 is 7.19. The zero-order valence-electron chi connectivity index (χ0n) is 14.6. The highest BCUT2D eigenvalue weighted by Gasteiger charge is 2.35. The number of aliphatic hydroxyl groups excluding tert-OH is 1. The van der Waals surface area contributed by atoms with Gasteiger partial charge in [-0.3, -0.25) is 9.69 Å². The van der Waals surface area contributed by atoms with Gasteiger partial charge in [0.15, 0.2) is 11.6 Å². The van der Waals surface area contributed by atoms with Crippen molar-refractivity contribution in [2.24, 2.45) is 0 Å². The molecule has 1 fully saturated rings. The van der Waals surface area contributed by atoms with Crippen LogP contribution in [0.25, 0.3) is 0 Å². The van der Waals surface area contributed by atoms with Crippen LogP contribution in [0.4, 0.5) is 0 Å². The quantitative estimate of drug-likeness (QED) is 0.833. The molecule has 9 nitrogen and oxygen atoms in total. The van der Waals surface area contributed by atoms with E-state index in [4.69, 9.17) is 4.52 Å².